The molecule has 10 heteroatoms. The summed E-state index contributed by atoms with van der Waals surface area (Å²) in [5.41, 5.74) is 2.42. The maximum absolute atomic E-state index is 12.3. The van der Waals surface area contributed by atoms with Crippen molar-refractivity contribution >= 4 is 11.7 Å². The van der Waals surface area contributed by atoms with Gasteiger partial charge in [0.15, 0.2) is 17.3 Å². The second-order valence-electron chi connectivity index (χ2n) is 6.06. The van der Waals surface area contributed by atoms with E-state index in [1.165, 1.54) is 21.3 Å². The second kappa shape index (κ2) is 8.91. The van der Waals surface area contributed by atoms with Gasteiger partial charge in [-0.1, -0.05) is 17.7 Å². The lowest BCUT2D eigenvalue weighted by Crippen LogP contribution is -2.29. The molecule has 0 aliphatic carbocycles. The highest BCUT2D eigenvalue weighted by molar-refractivity contribution is 5.90. The minimum atomic E-state index is -0.433. The van der Waals surface area contributed by atoms with E-state index in [-0.39, 0.29) is 6.54 Å². The zero-order valence-electron chi connectivity index (χ0n) is 16.6. The molecule has 0 fully saturated rings. The van der Waals surface area contributed by atoms with Crippen LogP contribution in [0.25, 0.3) is 5.69 Å². The molecule has 0 bridgehead atoms. The number of hydrogen-bond acceptors (Lipinski definition) is 7. The van der Waals surface area contributed by atoms with Crippen molar-refractivity contribution in [3.05, 3.63) is 47.8 Å². The van der Waals surface area contributed by atoms with Crippen molar-refractivity contribution in [2.75, 3.05) is 26.6 Å². The average Bonchev–Trinajstić information content (AvgIpc) is 3.20. The van der Waals surface area contributed by atoms with Crippen molar-refractivity contribution in [1.29, 1.82) is 0 Å². The maximum atomic E-state index is 12.3. The van der Waals surface area contributed by atoms with Crippen LogP contribution in [0.4, 0.5) is 10.5 Å². The van der Waals surface area contributed by atoms with E-state index in [2.05, 4.69) is 26.2 Å². The Morgan fingerprint density at radius 2 is 1.69 bits per heavy atom. The number of anilines is 1. The summed E-state index contributed by atoms with van der Waals surface area (Å²) < 4.78 is 17.4. The van der Waals surface area contributed by atoms with Crippen molar-refractivity contribution < 1.29 is 19.0 Å². The van der Waals surface area contributed by atoms with E-state index < -0.39 is 6.03 Å². The highest BCUT2D eigenvalue weighted by atomic mass is 16.5. The lowest BCUT2D eigenvalue weighted by Gasteiger charge is -2.15. The fraction of sp³-hybridized carbons (Fsp3) is 0.263. The maximum Gasteiger partial charge on any atom is 0.319 e. The molecule has 3 aromatic rings. The lowest BCUT2D eigenvalue weighted by atomic mass is 10.2. The van der Waals surface area contributed by atoms with E-state index in [4.69, 9.17) is 14.2 Å². The van der Waals surface area contributed by atoms with Gasteiger partial charge in [0.2, 0.25) is 5.75 Å². The third-order valence-corrected chi connectivity index (χ3v) is 4.14. The van der Waals surface area contributed by atoms with Crippen molar-refractivity contribution in [3.8, 4) is 22.9 Å². The molecule has 29 heavy (non-hydrogen) atoms. The average molecular weight is 398 g/mol. The smallest absolute Gasteiger partial charge is 0.319 e. The number of methoxy groups -OCH3 is 3. The molecule has 0 radical (unpaired) electrons. The van der Waals surface area contributed by atoms with E-state index in [1.807, 2.05) is 31.2 Å². The number of nitrogens with zero attached hydrogens (tertiary/aromatic N) is 4. The van der Waals surface area contributed by atoms with Gasteiger partial charge in [0.05, 0.1) is 39.2 Å². The zero-order chi connectivity index (χ0) is 20.8. The van der Waals surface area contributed by atoms with Crippen LogP contribution < -0.4 is 24.8 Å². The molecular formula is C19H22N6O4. The van der Waals surface area contributed by atoms with E-state index in [0.29, 0.717) is 28.8 Å². The first-order chi connectivity index (χ1) is 14.0. The number of benzene rings is 2. The van der Waals surface area contributed by atoms with Gasteiger partial charge in [-0.15, -0.1) is 5.10 Å². The molecule has 152 valence electrons. The third-order valence-electron chi connectivity index (χ3n) is 4.14. The molecule has 0 aliphatic rings. The van der Waals surface area contributed by atoms with Crippen LogP contribution in [0.2, 0.25) is 0 Å². The summed E-state index contributed by atoms with van der Waals surface area (Å²) in [6.45, 7) is 2.14. The van der Waals surface area contributed by atoms with E-state index >= 15 is 0 Å². The highest BCUT2D eigenvalue weighted by Gasteiger charge is 2.15. The van der Waals surface area contributed by atoms with E-state index in [1.54, 1.807) is 16.8 Å². The van der Waals surface area contributed by atoms with Gasteiger partial charge in [0.25, 0.3) is 0 Å². The number of aryl methyl sites for hydroxylation is 1. The number of nitrogens with one attached hydrogen (secondary N) is 2. The van der Waals surface area contributed by atoms with Crippen LogP contribution in [-0.4, -0.2) is 47.6 Å². The Labute approximate surface area is 167 Å². The molecule has 0 spiro atoms. The number of carbonyl (C=O) groups excluding carboxylic acids is 1. The van der Waals surface area contributed by atoms with Gasteiger partial charge < -0.3 is 24.8 Å². The van der Waals surface area contributed by atoms with E-state index in [0.717, 1.165) is 11.3 Å². The summed E-state index contributed by atoms with van der Waals surface area (Å²) in [6, 6.07) is 10.6. The van der Waals surface area contributed by atoms with Crippen molar-refractivity contribution in [2.45, 2.75) is 13.5 Å². The van der Waals surface area contributed by atoms with Crippen molar-refractivity contribution in [2.24, 2.45) is 0 Å². The van der Waals surface area contributed by atoms with Gasteiger partial charge in [0, 0.05) is 12.1 Å². The number of ether oxygens (including phenoxy) is 3. The minimum Gasteiger partial charge on any atom is -0.493 e. The number of tetrazole rings is 1. The van der Waals surface area contributed by atoms with Crippen LogP contribution in [0, 0.1) is 6.92 Å². The fourth-order valence-corrected chi connectivity index (χ4v) is 2.69. The van der Waals surface area contributed by atoms with Gasteiger partial charge in [-0.25, -0.2) is 4.79 Å². The number of carbonyl (C=O) groups is 1. The molecule has 3 rings (SSSR count). The third kappa shape index (κ3) is 4.54. The molecular weight excluding hydrogens is 376 g/mol. The van der Waals surface area contributed by atoms with E-state index in [9.17, 15) is 4.79 Å². The molecule has 0 saturated carbocycles. The molecule has 0 unspecified atom stereocenters. The fourth-order valence-electron chi connectivity index (χ4n) is 2.69. The van der Waals surface area contributed by atoms with Gasteiger partial charge in [-0.05, 0) is 29.5 Å². The number of rotatable bonds is 7. The van der Waals surface area contributed by atoms with Crippen LogP contribution in [0.15, 0.2) is 36.4 Å². The van der Waals surface area contributed by atoms with Crippen LogP contribution >= 0.6 is 0 Å². The summed E-state index contributed by atoms with van der Waals surface area (Å²) in [6.07, 6.45) is 0. The normalized spacial score (nSPS) is 10.3. The number of amides is 2. The Balaban J connectivity index is 1.68. The predicted molar refractivity (Wildman–Crippen MR) is 106 cm³/mol. The molecule has 0 atom stereocenters. The van der Waals surface area contributed by atoms with Gasteiger partial charge in [-0.3, -0.25) is 0 Å². The Morgan fingerprint density at radius 3 is 2.28 bits per heavy atom. The summed E-state index contributed by atoms with van der Waals surface area (Å²) in [7, 11) is 4.52. The SMILES string of the molecule is COc1cc(NC(=O)NCc2nnnn2-c2ccc(C)cc2)cc(OC)c1OC. The molecule has 0 saturated heterocycles. The first-order valence-electron chi connectivity index (χ1n) is 8.75. The highest BCUT2D eigenvalue weighted by Crippen LogP contribution is 2.39. The monoisotopic (exact) mass is 398 g/mol. The first kappa shape index (κ1) is 19.9. The molecule has 2 amide bonds. The topological polar surface area (TPSA) is 112 Å². The molecule has 2 aromatic carbocycles. The molecule has 10 nitrogen and oxygen atoms in total. The minimum absolute atomic E-state index is 0.136. The quantitative estimate of drug-likeness (QED) is 0.628. The predicted octanol–water partition coefficient (Wildman–Crippen LogP) is 2.32. The summed E-state index contributed by atoms with van der Waals surface area (Å²) in [4.78, 5) is 12.3. The van der Waals surface area contributed by atoms with Gasteiger partial charge in [0.1, 0.15) is 0 Å². The Bertz CT molecular complexity index is 962. The van der Waals surface area contributed by atoms with Crippen LogP contribution in [-0.2, 0) is 6.54 Å². The lowest BCUT2D eigenvalue weighted by molar-refractivity contribution is 0.251. The number of hydrogen-bond donors (Lipinski definition) is 2. The molecule has 1 aromatic heterocycles. The molecule has 1 heterocycles. The van der Waals surface area contributed by atoms with Gasteiger partial charge in [-0.2, -0.15) is 4.68 Å². The summed E-state index contributed by atoms with van der Waals surface area (Å²) >= 11 is 0. The van der Waals surface area contributed by atoms with Crippen LogP contribution in [0.5, 0.6) is 17.2 Å². The number of urea groups is 1. The largest absolute Gasteiger partial charge is 0.493 e. The van der Waals surface area contributed by atoms with Crippen LogP contribution in [0.1, 0.15) is 11.4 Å². The molecule has 2 N–H and O–H groups in total. The Kier molecular flexibility index (Phi) is 6.12. The number of aromatic nitrogens is 4. The Hall–Kier alpha value is -3.82. The van der Waals surface area contributed by atoms with Crippen LogP contribution in [0.3, 0.4) is 0 Å². The van der Waals surface area contributed by atoms with Crippen molar-refractivity contribution in [1.82, 2.24) is 25.5 Å². The zero-order valence-corrected chi connectivity index (χ0v) is 16.6. The second-order valence-corrected chi connectivity index (χ2v) is 6.06. The van der Waals surface area contributed by atoms with Crippen molar-refractivity contribution in [3.63, 3.8) is 0 Å². The standard InChI is InChI=1S/C19H22N6O4/c1-12-5-7-14(8-6-12)25-17(22-23-24-25)11-20-19(26)21-13-9-15(27-2)18(29-4)16(10-13)28-3/h5-10H,11H2,1-4H3,(H2,20,21,26). The summed E-state index contributed by atoms with van der Waals surface area (Å²) in [5, 5.41) is 17.1. The summed E-state index contributed by atoms with van der Waals surface area (Å²) in [5.74, 6) is 1.81. The van der Waals surface area contributed by atoms with Gasteiger partial charge >= 0.3 is 6.03 Å². The molecule has 0 aliphatic heterocycles. The first-order valence-corrected chi connectivity index (χ1v) is 8.75. The Morgan fingerprint density at radius 1 is 1.03 bits per heavy atom.